The molecule has 0 aliphatic carbocycles. The van der Waals surface area contributed by atoms with Crippen LogP contribution in [0.15, 0.2) is 57.8 Å². The van der Waals surface area contributed by atoms with Gasteiger partial charge in [0.15, 0.2) is 6.23 Å². The van der Waals surface area contributed by atoms with Crippen molar-refractivity contribution in [3.8, 4) is 17.2 Å². The standard InChI is InChI=1S/C23H21F3N2O7S/c1-14-19(27-21(34-14)15-4-6-16(7-5-15)23(24,25)26)13-33-17-8-10-18(11-9-17)36(31,32)28-12-2-3-20(28)35-22(29)30/h4-11,20H,2-3,12-13H2,1H3,(H,29,30)/t20-/m1/s1. The first-order chi connectivity index (χ1) is 16.9. The lowest BCUT2D eigenvalue weighted by Gasteiger charge is -2.22. The Morgan fingerprint density at radius 2 is 1.83 bits per heavy atom. The van der Waals surface area contributed by atoms with Crippen LogP contribution >= 0.6 is 0 Å². The molecule has 1 atom stereocenters. The molecular weight excluding hydrogens is 505 g/mol. The van der Waals surface area contributed by atoms with E-state index in [1.807, 2.05) is 0 Å². The van der Waals surface area contributed by atoms with Crippen LogP contribution in [0.2, 0.25) is 0 Å². The Bertz CT molecular complexity index is 1340. The highest BCUT2D eigenvalue weighted by molar-refractivity contribution is 7.89. The van der Waals surface area contributed by atoms with Crippen molar-refractivity contribution in [3.05, 3.63) is 65.5 Å². The molecule has 9 nitrogen and oxygen atoms in total. The lowest BCUT2D eigenvalue weighted by atomic mass is 10.1. The molecule has 1 N–H and O–H groups in total. The summed E-state index contributed by atoms with van der Waals surface area (Å²) in [5.41, 5.74) is 0.0181. The first-order valence-electron chi connectivity index (χ1n) is 10.7. The van der Waals surface area contributed by atoms with Crippen molar-refractivity contribution in [1.29, 1.82) is 0 Å². The first kappa shape index (κ1) is 25.5. The Kier molecular flexibility index (Phi) is 6.96. The third kappa shape index (κ3) is 5.46. The molecule has 192 valence electrons. The molecule has 0 amide bonds. The van der Waals surface area contributed by atoms with Gasteiger partial charge in [-0.1, -0.05) is 0 Å². The summed E-state index contributed by atoms with van der Waals surface area (Å²) >= 11 is 0. The number of benzene rings is 2. The topological polar surface area (TPSA) is 119 Å². The molecule has 0 unspecified atom stereocenters. The third-order valence-corrected chi connectivity index (χ3v) is 7.45. The summed E-state index contributed by atoms with van der Waals surface area (Å²) in [7, 11) is -3.97. The average Bonchev–Trinajstić information content (AvgIpc) is 3.44. The molecule has 0 radical (unpaired) electrons. The number of alkyl halides is 3. The van der Waals surface area contributed by atoms with Crippen molar-refractivity contribution in [1.82, 2.24) is 9.29 Å². The van der Waals surface area contributed by atoms with Crippen LogP contribution in [0.1, 0.15) is 29.9 Å². The number of rotatable bonds is 7. The van der Waals surface area contributed by atoms with E-state index in [0.29, 0.717) is 29.2 Å². The van der Waals surface area contributed by atoms with Crippen LogP contribution in [0.3, 0.4) is 0 Å². The molecule has 0 saturated carbocycles. The maximum atomic E-state index is 12.9. The smallest absolute Gasteiger partial charge is 0.487 e. The predicted molar refractivity (Wildman–Crippen MR) is 118 cm³/mol. The highest BCUT2D eigenvalue weighted by atomic mass is 32.2. The summed E-state index contributed by atoms with van der Waals surface area (Å²) in [5, 5.41) is 8.83. The number of ether oxygens (including phenoxy) is 2. The Morgan fingerprint density at radius 3 is 2.44 bits per heavy atom. The lowest BCUT2D eigenvalue weighted by Crippen LogP contribution is -2.38. The number of carbonyl (C=O) groups is 1. The van der Waals surface area contributed by atoms with E-state index in [1.54, 1.807) is 6.92 Å². The number of hydrogen-bond acceptors (Lipinski definition) is 7. The van der Waals surface area contributed by atoms with E-state index in [2.05, 4.69) is 9.72 Å². The number of nitrogens with zero attached hydrogens (tertiary/aromatic N) is 2. The van der Waals surface area contributed by atoms with Gasteiger partial charge in [0.05, 0.1) is 10.5 Å². The van der Waals surface area contributed by atoms with Crippen LogP contribution in [0.4, 0.5) is 18.0 Å². The molecule has 3 aromatic rings. The van der Waals surface area contributed by atoms with E-state index in [0.717, 1.165) is 16.4 Å². The van der Waals surface area contributed by atoms with Gasteiger partial charge in [0.1, 0.15) is 23.8 Å². The van der Waals surface area contributed by atoms with E-state index in [9.17, 15) is 26.4 Å². The molecule has 1 saturated heterocycles. The lowest BCUT2D eigenvalue weighted by molar-refractivity contribution is -0.137. The normalized spacial score (nSPS) is 16.7. The van der Waals surface area contributed by atoms with Crippen LogP contribution in [-0.2, 0) is 27.5 Å². The molecule has 1 aliphatic heterocycles. The SMILES string of the molecule is Cc1oc(-c2ccc(C(F)(F)F)cc2)nc1COc1ccc(S(=O)(=O)N2CCC[C@H]2OC(=O)O)cc1. The molecule has 1 aromatic heterocycles. The quantitative estimate of drug-likeness (QED) is 0.425. The zero-order chi connectivity index (χ0) is 26.1. The van der Waals surface area contributed by atoms with Gasteiger partial charge in [-0.25, -0.2) is 18.2 Å². The minimum atomic E-state index is -4.44. The fourth-order valence-electron chi connectivity index (χ4n) is 3.70. The van der Waals surface area contributed by atoms with Crippen LogP contribution in [0, 0.1) is 6.92 Å². The first-order valence-corrected chi connectivity index (χ1v) is 12.2. The summed E-state index contributed by atoms with van der Waals surface area (Å²) in [6.45, 7) is 1.76. The summed E-state index contributed by atoms with van der Waals surface area (Å²) in [6.07, 6.45) is -6.31. The van der Waals surface area contributed by atoms with Gasteiger partial charge in [0.2, 0.25) is 15.9 Å². The maximum absolute atomic E-state index is 12.9. The summed E-state index contributed by atoms with van der Waals surface area (Å²) in [5.74, 6) is 0.903. The Balaban J connectivity index is 1.42. The van der Waals surface area contributed by atoms with Gasteiger partial charge in [-0.15, -0.1) is 0 Å². The molecule has 1 aliphatic rings. The van der Waals surface area contributed by atoms with Crippen LogP contribution in [0.5, 0.6) is 5.75 Å². The van der Waals surface area contributed by atoms with Crippen molar-refractivity contribution in [2.45, 2.75) is 43.7 Å². The molecule has 13 heteroatoms. The highest BCUT2D eigenvalue weighted by Gasteiger charge is 2.37. The second-order valence-electron chi connectivity index (χ2n) is 7.95. The van der Waals surface area contributed by atoms with Gasteiger partial charge < -0.3 is 19.0 Å². The molecule has 0 spiro atoms. The van der Waals surface area contributed by atoms with E-state index >= 15 is 0 Å². The Hall–Kier alpha value is -3.58. The molecule has 1 fully saturated rings. The molecule has 2 heterocycles. The number of oxazole rings is 1. The molecule has 4 rings (SSSR count). The van der Waals surface area contributed by atoms with Crippen molar-refractivity contribution in [3.63, 3.8) is 0 Å². The summed E-state index contributed by atoms with van der Waals surface area (Å²) in [6, 6.07) is 9.99. The third-order valence-electron chi connectivity index (χ3n) is 5.55. The summed E-state index contributed by atoms with van der Waals surface area (Å²) < 4.78 is 81.0. The maximum Gasteiger partial charge on any atom is 0.507 e. The summed E-state index contributed by atoms with van der Waals surface area (Å²) in [4.78, 5) is 15.1. The zero-order valence-electron chi connectivity index (χ0n) is 18.9. The molecular formula is C23H21F3N2O7S. The van der Waals surface area contributed by atoms with E-state index in [1.165, 1.54) is 36.4 Å². The number of halogens is 3. The number of aryl methyl sites for hydroxylation is 1. The number of sulfonamides is 1. The second kappa shape index (κ2) is 9.82. The van der Waals surface area contributed by atoms with Gasteiger partial charge in [-0.3, -0.25) is 0 Å². The van der Waals surface area contributed by atoms with Crippen LogP contribution in [-0.4, -0.2) is 41.7 Å². The van der Waals surface area contributed by atoms with Crippen molar-refractivity contribution in [2.24, 2.45) is 0 Å². The Labute approximate surface area is 204 Å². The van der Waals surface area contributed by atoms with Gasteiger partial charge >= 0.3 is 12.3 Å². The predicted octanol–water partition coefficient (Wildman–Crippen LogP) is 5.05. The van der Waals surface area contributed by atoms with Crippen molar-refractivity contribution >= 4 is 16.2 Å². The van der Waals surface area contributed by atoms with Crippen LogP contribution < -0.4 is 4.74 Å². The van der Waals surface area contributed by atoms with Gasteiger partial charge in [0.25, 0.3) is 0 Å². The monoisotopic (exact) mass is 526 g/mol. The fraction of sp³-hybridized carbons (Fsp3) is 0.304. The number of aromatic nitrogens is 1. The fourth-order valence-corrected chi connectivity index (χ4v) is 5.28. The Morgan fingerprint density at radius 1 is 1.17 bits per heavy atom. The zero-order valence-corrected chi connectivity index (χ0v) is 19.7. The molecule has 2 aromatic carbocycles. The molecule has 0 bridgehead atoms. The number of hydrogen-bond donors (Lipinski definition) is 1. The minimum Gasteiger partial charge on any atom is -0.487 e. The van der Waals surface area contributed by atoms with E-state index in [-0.39, 0.29) is 30.4 Å². The average molecular weight is 526 g/mol. The second-order valence-corrected chi connectivity index (χ2v) is 9.84. The highest BCUT2D eigenvalue weighted by Crippen LogP contribution is 2.32. The van der Waals surface area contributed by atoms with Crippen molar-refractivity contribution < 1.29 is 45.4 Å². The number of carboxylic acid groups (broad SMARTS) is 1. The largest absolute Gasteiger partial charge is 0.507 e. The van der Waals surface area contributed by atoms with Crippen molar-refractivity contribution in [2.75, 3.05) is 6.54 Å². The van der Waals surface area contributed by atoms with E-state index < -0.39 is 34.1 Å². The van der Waals surface area contributed by atoms with Gasteiger partial charge in [-0.2, -0.15) is 17.5 Å². The van der Waals surface area contributed by atoms with Gasteiger partial charge in [-0.05, 0) is 61.9 Å². The van der Waals surface area contributed by atoms with Crippen LogP contribution in [0.25, 0.3) is 11.5 Å². The van der Waals surface area contributed by atoms with Gasteiger partial charge in [0, 0.05) is 18.5 Å². The molecule has 36 heavy (non-hydrogen) atoms. The minimum absolute atomic E-state index is 0.0251. The van der Waals surface area contributed by atoms with E-state index in [4.69, 9.17) is 14.3 Å².